The highest BCUT2D eigenvalue weighted by Gasteiger charge is 2.13. The quantitative estimate of drug-likeness (QED) is 0.511. The minimum Gasteiger partial charge on any atom is -0.495 e. The molecule has 0 radical (unpaired) electrons. The standard InChI is InChI=1S/C20H19ClN4O3/c1-12-4-6-14(7-5-12)19(26)23-22-11-16-13(2)24-25(20(16)27)15-8-9-17(21)18(10-15)28-3/h4-11,24H,1-3H3,(H,23,26). The van der Waals surface area contributed by atoms with Crippen LogP contribution in [0.5, 0.6) is 5.75 Å². The van der Waals surface area contributed by atoms with Crippen molar-refractivity contribution in [1.29, 1.82) is 0 Å². The van der Waals surface area contributed by atoms with Gasteiger partial charge in [0.1, 0.15) is 5.75 Å². The summed E-state index contributed by atoms with van der Waals surface area (Å²) in [5, 5.41) is 7.34. The molecule has 0 aliphatic rings. The molecule has 3 rings (SSSR count). The maximum atomic E-state index is 12.7. The summed E-state index contributed by atoms with van der Waals surface area (Å²) in [6, 6.07) is 12.1. The van der Waals surface area contributed by atoms with Gasteiger partial charge in [0.05, 0.1) is 29.6 Å². The van der Waals surface area contributed by atoms with Crippen LogP contribution in [0.2, 0.25) is 5.02 Å². The number of hydrogen-bond acceptors (Lipinski definition) is 4. The summed E-state index contributed by atoms with van der Waals surface area (Å²) in [6.07, 6.45) is 1.32. The number of aromatic nitrogens is 2. The van der Waals surface area contributed by atoms with E-state index in [0.29, 0.717) is 33.3 Å². The number of amides is 1. The SMILES string of the molecule is COc1cc(-n2[nH]c(C)c(C=NNC(=O)c3ccc(C)cc3)c2=O)ccc1Cl. The molecule has 2 N–H and O–H groups in total. The van der Waals surface area contributed by atoms with Crippen LogP contribution >= 0.6 is 11.6 Å². The fourth-order valence-corrected chi connectivity index (χ4v) is 2.80. The van der Waals surface area contributed by atoms with Gasteiger partial charge in [-0.15, -0.1) is 0 Å². The third-order valence-electron chi connectivity index (χ3n) is 4.18. The van der Waals surface area contributed by atoms with Crippen molar-refractivity contribution in [2.24, 2.45) is 5.10 Å². The molecule has 0 aliphatic carbocycles. The van der Waals surface area contributed by atoms with E-state index in [1.165, 1.54) is 18.0 Å². The Labute approximate surface area is 166 Å². The predicted molar refractivity (Wildman–Crippen MR) is 109 cm³/mol. The van der Waals surface area contributed by atoms with Crippen molar-refractivity contribution in [3.63, 3.8) is 0 Å². The molecule has 1 heterocycles. The lowest BCUT2D eigenvalue weighted by molar-refractivity contribution is 0.0955. The van der Waals surface area contributed by atoms with Gasteiger partial charge in [-0.1, -0.05) is 29.3 Å². The summed E-state index contributed by atoms with van der Waals surface area (Å²) in [5.74, 6) is 0.103. The van der Waals surface area contributed by atoms with E-state index in [9.17, 15) is 9.59 Å². The number of hydrogen-bond donors (Lipinski definition) is 2. The molecule has 0 spiro atoms. The Balaban J connectivity index is 1.82. The third kappa shape index (κ3) is 3.99. The zero-order valence-electron chi connectivity index (χ0n) is 15.6. The molecule has 0 aliphatic heterocycles. The van der Waals surface area contributed by atoms with Crippen molar-refractivity contribution in [2.45, 2.75) is 13.8 Å². The number of halogens is 1. The van der Waals surface area contributed by atoms with Crippen LogP contribution in [0.4, 0.5) is 0 Å². The maximum Gasteiger partial charge on any atom is 0.280 e. The molecular weight excluding hydrogens is 380 g/mol. The first-order valence-electron chi connectivity index (χ1n) is 8.46. The average molecular weight is 399 g/mol. The first-order valence-corrected chi connectivity index (χ1v) is 8.84. The summed E-state index contributed by atoms with van der Waals surface area (Å²) in [5.41, 5.74) is 5.16. The highest BCUT2D eigenvalue weighted by atomic mass is 35.5. The summed E-state index contributed by atoms with van der Waals surface area (Å²) in [7, 11) is 1.50. The van der Waals surface area contributed by atoms with Crippen molar-refractivity contribution in [2.75, 3.05) is 7.11 Å². The third-order valence-corrected chi connectivity index (χ3v) is 4.50. The molecule has 1 aromatic heterocycles. The Morgan fingerprint density at radius 2 is 1.93 bits per heavy atom. The van der Waals surface area contributed by atoms with Crippen molar-refractivity contribution in [1.82, 2.24) is 15.2 Å². The number of H-pyrrole nitrogens is 1. The van der Waals surface area contributed by atoms with Crippen LogP contribution in [0.1, 0.15) is 27.2 Å². The topological polar surface area (TPSA) is 88.5 Å². The van der Waals surface area contributed by atoms with Gasteiger partial charge in [0.2, 0.25) is 0 Å². The Morgan fingerprint density at radius 3 is 2.61 bits per heavy atom. The highest BCUT2D eigenvalue weighted by molar-refractivity contribution is 6.32. The summed E-state index contributed by atoms with van der Waals surface area (Å²) in [4.78, 5) is 24.8. The number of rotatable bonds is 5. The van der Waals surface area contributed by atoms with E-state index in [1.54, 1.807) is 37.3 Å². The fourth-order valence-electron chi connectivity index (χ4n) is 2.61. The second-order valence-electron chi connectivity index (χ2n) is 6.18. The fraction of sp³-hybridized carbons (Fsp3) is 0.150. The van der Waals surface area contributed by atoms with E-state index in [-0.39, 0.29) is 11.5 Å². The summed E-state index contributed by atoms with van der Waals surface area (Å²) < 4.78 is 6.55. The number of carbonyl (C=O) groups is 1. The monoisotopic (exact) mass is 398 g/mol. The molecule has 8 heteroatoms. The molecular formula is C20H19ClN4O3. The lowest BCUT2D eigenvalue weighted by Crippen LogP contribution is -2.20. The van der Waals surface area contributed by atoms with E-state index in [1.807, 2.05) is 19.1 Å². The zero-order valence-corrected chi connectivity index (χ0v) is 16.4. The number of nitrogens with one attached hydrogen (secondary N) is 2. The molecule has 0 fully saturated rings. The van der Waals surface area contributed by atoms with Crippen LogP contribution < -0.4 is 15.7 Å². The lowest BCUT2D eigenvalue weighted by Gasteiger charge is -2.06. The average Bonchev–Trinajstić information content (AvgIpc) is 2.97. The lowest BCUT2D eigenvalue weighted by atomic mass is 10.1. The van der Waals surface area contributed by atoms with E-state index in [2.05, 4.69) is 15.6 Å². The normalized spacial score (nSPS) is 11.0. The first-order chi connectivity index (χ1) is 13.4. The molecule has 0 saturated heterocycles. The van der Waals surface area contributed by atoms with Crippen molar-refractivity contribution >= 4 is 23.7 Å². The Bertz CT molecular complexity index is 1100. The van der Waals surface area contributed by atoms with Crippen molar-refractivity contribution in [3.8, 4) is 11.4 Å². The number of aryl methyl sites for hydroxylation is 2. The summed E-state index contributed by atoms with van der Waals surface area (Å²) in [6.45, 7) is 3.68. The number of benzene rings is 2. The number of carbonyl (C=O) groups excluding carboxylic acids is 1. The molecule has 2 aromatic carbocycles. The van der Waals surface area contributed by atoms with Gasteiger partial charge in [-0.05, 0) is 38.1 Å². The highest BCUT2D eigenvalue weighted by Crippen LogP contribution is 2.26. The molecule has 1 amide bonds. The van der Waals surface area contributed by atoms with Gasteiger partial charge in [-0.3, -0.25) is 14.7 Å². The van der Waals surface area contributed by atoms with Crippen LogP contribution in [-0.4, -0.2) is 29.0 Å². The number of ether oxygens (including phenoxy) is 1. The van der Waals surface area contributed by atoms with Gasteiger partial charge in [0.15, 0.2) is 0 Å². The van der Waals surface area contributed by atoms with E-state index < -0.39 is 0 Å². The van der Waals surface area contributed by atoms with Gasteiger partial charge >= 0.3 is 0 Å². The number of nitrogens with zero attached hydrogens (tertiary/aromatic N) is 2. The number of hydrazone groups is 1. The molecule has 0 unspecified atom stereocenters. The molecule has 28 heavy (non-hydrogen) atoms. The zero-order chi connectivity index (χ0) is 20.3. The smallest absolute Gasteiger partial charge is 0.280 e. The van der Waals surface area contributed by atoms with Crippen LogP contribution in [0.15, 0.2) is 52.4 Å². The number of methoxy groups -OCH3 is 1. The minimum atomic E-state index is -0.354. The van der Waals surface area contributed by atoms with E-state index in [4.69, 9.17) is 16.3 Å². The Morgan fingerprint density at radius 1 is 1.21 bits per heavy atom. The van der Waals surface area contributed by atoms with E-state index in [0.717, 1.165) is 5.56 Å². The molecule has 0 atom stereocenters. The largest absolute Gasteiger partial charge is 0.495 e. The van der Waals surface area contributed by atoms with Gasteiger partial charge < -0.3 is 4.74 Å². The van der Waals surface area contributed by atoms with Crippen LogP contribution in [0.3, 0.4) is 0 Å². The van der Waals surface area contributed by atoms with Crippen LogP contribution in [-0.2, 0) is 0 Å². The molecule has 3 aromatic rings. The second-order valence-corrected chi connectivity index (χ2v) is 6.58. The van der Waals surface area contributed by atoms with Crippen LogP contribution in [0.25, 0.3) is 5.69 Å². The van der Waals surface area contributed by atoms with Gasteiger partial charge in [0.25, 0.3) is 11.5 Å². The molecule has 0 saturated carbocycles. The molecule has 0 bridgehead atoms. The second kappa shape index (κ2) is 8.14. The van der Waals surface area contributed by atoms with E-state index >= 15 is 0 Å². The molecule has 144 valence electrons. The number of aromatic amines is 1. The van der Waals surface area contributed by atoms with Crippen molar-refractivity contribution in [3.05, 3.63) is 80.2 Å². The minimum absolute atomic E-state index is 0.310. The van der Waals surface area contributed by atoms with Gasteiger partial charge in [-0.25, -0.2) is 10.1 Å². The van der Waals surface area contributed by atoms with Gasteiger partial charge in [-0.2, -0.15) is 5.10 Å². The summed E-state index contributed by atoms with van der Waals surface area (Å²) >= 11 is 6.03. The molecule has 7 nitrogen and oxygen atoms in total. The Kier molecular flexibility index (Phi) is 5.65. The maximum absolute atomic E-state index is 12.7. The Hall–Kier alpha value is -3.32. The van der Waals surface area contributed by atoms with Gasteiger partial charge in [0, 0.05) is 17.3 Å². The first kappa shape index (κ1) is 19.4. The van der Waals surface area contributed by atoms with Crippen molar-refractivity contribution < 1.29 is 9.53 Å². The van der Waals surface area contributed by atoms with Crippen LogP contribution in [0, 0.1) is 13.8 Å². The predicted octanol–water partition coefficient (Wildman–Crippen LogP) is 3.21.